The van der Waals surface area contributed by atoms with Gasteiger partial charge in [-0.2, -0.15) is 17.9 Å². The number of benzene rings is 2. The van der Waals surface area contributed by atoms with Crippen molar-refractivity contribution >= 4 is 34.5 Å². The van der Waals surface area contributed by atoms with Gasteiger partial charge in [-0.05, 0) is 30.3 Å². The summed E-state index contributed by atoms with van der Waals surface area (Å²) in [6.45, 7) is 0. The molecule has 0 saturated heterocycles. The SMILES string of the molecule is O=C(CSc1ncnc2c1nnn2-c1ccccc1)Nc1cccc(C(F)(F)F)c1. The minimum Gasteiger partial charge on any atom is -0.325 e. The van der Waals surface area contributed by atoms with Gasteiger partial charge in [0.1, 0.15) is 11.4 Å². The van der Waals surface area contributed by atoms with E-state index in [-0.39, 0.29) is 11.4 Å². The van der Waals surface area contributed by atoms with Crippen LogP contribution in [0.15, 0.2) is 66.0 Å². The maximum atomic E-state index is 12.8. The van der Waals surface area contributed by atoms with E-state index in [4.69, 9.17) is 0 Å². The van der Waals surface area contributed by atoms with Gasteiger partial charge < -0.3 is 5.32 Å². The second kappa shape index (κ2) is 8.11. The summed E-state index contributed by atoms with van der Waals surface area (Å²) < 4.78 is 40.0. The van der Waals surface area contributed by atoms with Crippen LogP contribution in [0, 0.1) is 0 Å². The Balaban J connectivity index is 1.48. The first-order chi connectivity index (χ1) is 14.4. The molecule has 152 valence electrons. The van der Waals surface area contributed by atoms with Gasteiger partial charge >= 0.3 is 6.18 Å². The fourth-order valence-electron chi connectivity index (χ4n) is 2.68. The Morgan fingerprint density at radius 3 is 2.63 bits per heavy atom. The topological polar surface area (TPSA) is 85.6 Å². The van der Waals surface area contributed by atoms with Crippen LogP contribution in [0.4, 0.5) is 18.9 Å². The maximum absolute atomic E-state index is 12.8. The van der Waals surface area contributed by atoms with Gasteiger partial charge in [0.25, 0.3) is 0 Å². The Morgan fingerprint density at radius 2 is 1.87 bits per heavy atom. The molecular weight excluding hydrogens is 417 g/mol. The van der Waals surface area contributed by atoms with Crippen LogP contribution in [0.25, 0.3) is 16.9 Å². The minimum absolute atomic E-state index is 0.0679. The van der Waals surface area contributed by atoms with E-state index < -0.39 is 17.6 Å². The third-order valence-electron chi connectivity index (χ3n) is 4.02. The first-order valence-electron chi connectivity index (χ1n) is 8.63. The summed E-state index contributed by atoms with van der Waals surface area (Å²) in [4.78, 5) is 20.6. The average Bonchev–Trinajstić information content (AvgIpc) is 3.17. The van der Waals surface area contributed by atoms with Crippen molar-refractivity contribution in [2.24, 2.45) is 0 Å². The molecule has 0 bridgehead atoms. The molecule has 0 radical (unpaired) electrons. The fraction of sp³-hybridized carbons (Fsp3) is 0.105. The number of rotatable bonds is 5. The van der Waals surface area contributed by atoms with Crippen LogP contribution in [-0.2, 0) is 11.0 Å². The molecule has 0 atom stereocenters. The number of anilines is 1. The summed E-state index contributed by atoms with van der Waals surface area (Å²) in [7, 11) is 0. The van der Waals surface area contributed by atoms with Crippen molar-refractivity contribution in [2.75, 3.05) is 11.1 Å². The highest BCUT2D eigenvalue weighted by atomic mass is 32.2. The van der Waals surface area contributed by atoms with E-state index in [1.165, 1.54) is 18.5 Å². The highest BCUT2D eigenvalue weighted by molar-refractivity contribution is 8.00. The van der Waals surface area contributed by atoms with Crippen LogP contribution < -0.4 is 5.32 Å². The largest absolute Gasteiger partial charge is 0.416 e. The van der Waals surface area contributed by atoms with Gasteiger partial charge in [-0.15, -0.1) is 5.10 Å². The number of para-hydroxylation sites is 1. The van der Waals surface area contributed by atoms with Crippen LogP contribution in [0.1, 0.15) is 5.56 Å². The van der Waals surface area contributed by atoms with Crippen molar-refractivity contribution in [3.63, 3.8) is 0 Å². The molecule has 0 aliphatic carbocycles. The molecule has 0 fully saturated rings. The highest BCUT2D eigenvalue weighted by Gasteiger charge is 2.30. The molecule has 0 saturated carbocycles. The number of nitrogens with one attached hydrogen (secondary N) is 1. The first kappa shape index (κ1) is 19.8. The lowest BCUT2D eigenvalue weighted by molar-refractivity contribution is -0.137. The number of aromatic nitrogens is 5. The summed E-state index contributed by atoms with van der Waals surface area (Å²) >= 11 is 1.09. The summed E-state index contributed by atoms with van der Waals surface area (Å²) in [6, 6.07) is 13.8. The van der Waals surface area contributed by atoms with Gasteiger partial charge in [0, 0.05) is 5.69 Å². The van der Waals surface area contributed by atoms with Gasteiger partial charge in [0.15, 0.2) is 11.2 Å². The van der Waals surface area contributed by atoms with Crippen LogP contribution >= 0.6 is 11.8 Å². The van der Waals surface area contributed by atoms with Crippen molar-refractivity contribution < 1.29 is 18.0 Å². The smallest absolute Gasteiger partial charge is 0.325 e. The van der Waals surface area contributed by atoms with Gasteiger partial charge in [-0.25, -0.2) is 9.97 Å². The van der Waals surface area contributed by atoms with E-state index in [1.54, 1.807) is 4.68 Å². The number of fused-ring (bicyclic) bond motifs is 1. The molecule has 0 unspecified atom stereocenters. The predicted octanol–water partition coefficient (Wildman–Crippen LogP) is 3.96. The van der Waals surface area contributed by atoms with Gasteiger partial charge in [0.05, 0.1) is 17.0 Å². The number of carbonyl (C=O) groups excluding carboxylic acids is 1. The van der Waals surface area contributed by atoms with E-state index in [2.05, 4.69) is 25.6 Å². The molecule has 30 heavy (non-hydrogen) atoms. The molecule has 7 nitrogen and oxygen atoms in total. The number of hydrogen-bond donors (Lipinski definition) is 1. The Labute approximate surface area is 172 Å². The normalized spacial score (nSPS) is 11.6. The second-order valence-corrected chi connectivity index (χ2v) is 7.07. The molecule has 4 rings (SSSR count). The minimum atomic E-state index is -4.48. The molecule has 0 aliphatic heterocycles. The number of nitrogens with zero attached hydrogens (tertiary/aromatic N) is 5. The molecule has 1 N–H and O–H groups in total. The number of alkyl halides is 3. The lowest BCUT2D eigenvalue weighted by atomic mass is 10.2. The number of halogens is 3. The van der Waals surface area contributed by atoms with E-state index in [9.17, 15) is 18.0 Å². The quantitative estimate of drug-likeness (QED) is 0.381. The lowest BCUT2D eigenvalue weighted by Gasteiger charge is -2.09. The maximum Gasteiger partial charge on any atom is 0.416 e. The van der Waals surface area contributed by atoms with E-state index in [0.717, 1.165) is 29.6 Å². The zero-order valence-corrected chi connectivity index (χ0v) is 16.0. The van der Waals surface area contributed by atoms with E-state index in [0.29, 0.717) is 16.2 Å². The Bertz CT molecular complexity index is 1200. The van der Waals surface area contributed by atoms with Crippen LogP contribution in [0.3, 0.4) is 0 Å². The zero-order chi connectivity index (χ0) is 21.1. The Morgan fingerprint density at radius 1 is 1.07 bits per heavy atom. The van der Waals surface area contributed by atoms with Crippen molar-refractivity contribution in [2.45, 2.75) is 11.2 Å². The van der Waals surface area contributed by atoms with Crippen molar-refractivity contribution in [3.8, 4) is 5.69 Å². The fourth-order valence-corrected chi connectivity index (χ4v) is 3.41. The lowest BCUT2D eigenvalue weighted by Crippen LogP contribution is -2.15. The molecule has 0 spiro atoms. The van der Waals surface area contributed by atoms with Crippen LogP contribution in [0.5, 0.6) is 0 Å². The number of hydrogen-bond acceptors (Lipinski definition) is 6. The van der Waals surface area contributed by atoms with E-state index >= 15 is 0 Å². The predicted molar refractivity (Wildman–Crippen MR) is 105 cm³/mol. The number of amides is 1. The second-order valence-electron chi connectivity index (χ2n) is 6.10. The van der Waals surface area contributed by atoms with Gasteiger partial charge in [-0.1, -0.05) is 41.2 Å². The Hall–Kier alpha value is -3.47. The molecule has 1 amide bonds. The molecular formula is C19H13F3N6OS. The first-order valence-corrected chi connectivity index (χ1v) is 9.62. The molecule has 11 heteroatoms. The summed E-state index contributed by atoms with van der Waals surface area (Å²) in [6.07, 6.45) is -3.13. The van der Waals surface area contributed by atoms with Gasteiger partial charge in [0.2, 0.25) is 5.91 Å². The van der Waals surface area contributed by atoms with Crippen LogP contribution in [0.2, 0.25) is 0 Å². The van der Waals surface area contributed by atoms with Crippen molar-refractivity contribution in [3.05, 3.63) is 66.5 Å². The molecule has 2 aromatic heterocycles. The molecule has 4 aromatic rings. The molecule has 0 aliphatic rings. The Kier molecular flexibility index (Phi) is 5.36. The standard InChI is InChI=1S/C19H13F3N6OS/c20-19(21,22)12-5-4-6-13(9-12)25-15(29)10-30-18-16-17(23-11-24-18)28(27-26-16)14-7-2-1-3-8-14/h1-9,11H,10H2,(H,25,29). The highest BCUT2D eigenvalue weighted by Crippen LogP contribution is 2.31. The summed E-state index contributed by atoms with van der Waals surface area (Å²) in [5.41, 5.74) is 0.924. The molecule has 2 heterocycles. The average molecular weight is 430 g/mol. The third-order valence-corrected chi connectivity index (χ3v) is 5.00. The zero-order valence-electron chi connectivity index (χ0n) is 15.2. The number of carbonyl (C=O) groups is 1. The van der Waals surface area contributed by atoms with Crippen molar-refractivity contribution in [1.82, 2.24) is 25.0 Å². The molecule has 2 aromatic carbocycles. The third kappa shape index (κ3) is 4.25. The summed E-state index contributed by atoms with van der Waals surface area (Å²) in [5.74, 6) is -0.540. The van der Waals surface area contributed by atoms with E-state index in [1.807, 2.05) is 30.3 Å². The number of thioether (sulfide) groups is 1. The van der Waals surface area contributed by atoms with Crippen LogP contribution in [-0.4, -0.2) is 36.6 Å². The monoisotopic (exact) mass is 430 g/mol. The van der Waals surface area contributed by atoms with Gasteiger partial charge in [-0.3, -0.25) is 4.79 Å². The van der Waals surface area contributed by atoms with Crippen molar-refractivity contribution in [1.29, 1.82) is 0 Å². The summed E-state index contributed by atoms with van der Waals surface area (Å²) in [5, 5.41) is 11.1.